The van der Waals surface area contributed by atoms with E-state index in [4.69, 9.17) is 4.74 Å². The third kappa shape index (κ3) is 3.80. The number of alkyl halides is 3. The maximum atomic E-state index is 14.0. The molecule has 1 aromatic heterocycles. The molecule has 2 N–H and O–H groups in total. The summed E-state index contributed by atoms with van der Waals surface area (Å²) in [5.41, 5.74) is 2.14. The molecule has 0 radical (unpaired) electrons. The standard InChI is InChI=1S/C22H27F3N4O/c1-12(2)30-21-18(6-5-13(3)27-21)28-14-9-15-16-11-26-8-7-19(16)29(4)20(15)17(10-14)22(23,24)25/h5-6,9-10,12,16,19,26,28H,7-8,11H2,1-4H3/t16-,19-/m1/s1. The molecule has 2 atom stereocenters. The van der Waals surface area contributed by atoms with Crippen LogP contribution in [0.4, 0.5) is 30.2 Å². The second kappa shape index (κ2) is 7.65. The fourth-order valence-corrected chi connectivity index (χ4v) is 4.51. The molecular weight excluding hydrogens is 393 g/mol. The number of likely N-dealkylation sites (N-methyl/N-ethyl adjacent to an activating group) is 1. The van der Waals surface area contributed by atoms with Crippen molar-refractivity contribution in [1.29, 1.82) is 0 Å². The van der Waals surface area contributed by atoms with E-state index in [0.29, 0.717) is 29.5 Å². The van der Waals surface area contributed by atoms with Crippen LogP contribution in [0.2, 0.25) is 0 Å². The van der Waals surface area contributed by atoms with Crippen molar-refractivity contribution in [1.82, 2.24) is 10.3 Å². The molecule has 2 aliphatic heterocycles. The number of piperidine rings is 1. The first-order valence-electron chi connectivity index (χ1n) is 10.2. The van der Waals surface area contributed by atoms with Crippen molar-refractivity contribution < 1.29 is 17.9 Å². The molecule has 2 aliphatic rings. The summed E-state index contributed by atoms with van der Waals surface area (Å²) in [6.07, 6.45) is -3.72. The lowest BCUT2D eigenvalue weighted by molar-refractivity contribution is -0.137. The van der Waals surface area contributed by atoms with Gasteiger partial charge in [0.15, 0.2) is 0 Å². The van der Waals surface area contributed by atoms with E-state index in [9.17, 15) is 13.2 Å². The highest BCUT2D eigenvalue weighted by Gasteiger charge is 2.45. The van der Waals surface area contributed by atoms with Crippen LogP contribution in [0.1, 0.15) is 43.0 Å². The number of aryl methyl sites for hydroxylation is 1. The first kappa shape index (κ1) is 20.8. The lowest BCUT2D eigenvalue weighted by Crippen LogP contribution is -2.42. The lowest BCUT2D eigenvalue weighted by Gasteiger charge is -2.31. The number of hydrogen-bond acceptors (Lipinski definition) is 5. The summed E-state index contributed by atoms with van der Waals surface area (Å²) in [6.45, 7) is 7.11. The van der Waals surface area contributed by atoms with Crippen LogP contribution in [0, 0.1) is 6.92 Å². The molecule has 0 spiro atoms. The minimum absolute atomic E-state index is 0.0316. The van der Waals surface area contributed by atoms with E-state index in [0.717, 1.165) is 24.2 Å². The number of halogens is 3. The topological polar surface area (TPSA) is 49.4 Å². The van der Waals surface area contributed by atoms with Gasteiger partial charge >= 0.3 is 6.18 Å². The van der Waals surface area contributed by atoms with Crippen molar-refractivity contribution in [3.63, 3.8) is 0 Å². The Kier molecular flexibility index (Phi) is 5.30. The molecule has 0 amide bonds. The van der Waals surface area contributed by atoms with Crippen molar-refractivity contribution in [3.05, 3.63) is 41.1 Å². The Hall–Kier alpha value is -2.48. The van der Waals surface area contributed by atoms with Crippen LogP contribution in [0.25, 0.3) is 0 Å². The summed E-state index contributed by atoms with van der Waals surface area (Å²) >= 11 is 0. The van der Waals surface area contributed by atoms with Gasteiger partial charge in [-0.25, -0.2) is 4.98 Å². The molecule has 0 aliphatic carbocycles. The van der Waals surface area contributed by atoms with E-state index in [1.807, 2.05) is 37.8 Å². The van der Waals surface area contributed by atoms with Crippen LogP contribution in [0.3, 0.4) is 0 Å². The monoisotopic (exact) mass is 420 g/mol. The molecule has 1 fully saturated rings. The van der Waals surface area contributed by atoms with Crippen LogP contribution in [0.5, 0.6) is 5.88 Å². The van der Waals surface area contributed by atoms with Gasteiger partial charge in [0.2, 0.25) is 5.88 Å². The SMILES string of the molecule is Cc1ccc(Nc2cc3c(c(C(F)(F)F)c2)N(C)[C@@H]2CCNC[C@H]32)c(OC(C)C)n1. The van der Waals surface area contributed by atoms with Crippen molar-refractivity contribution >= 4 is 17.1 Å². The maximum Gasteiger partial charge on any atom is 0.418 e. The summed E-state index contributed by atoms with van der Waals surface area (Å²) in [7, 11) is 1.77. The minimum Gasteiger partial charge on any atom is -0.473 e. The Labute approximate surface area is 174 Å². The number of benzene rings is 1. The van der Waals surface area contributed by atoms with Gasteiger partial charge < -0.3 is 20.3 Å². The van der Waals surface area contributed by atoms with Gasteiger partial charge in [0.1, 0.15) is 5.69 Å². The minimum atomic E-state index is -4.44. The number of nitrogens with one attached hydrogen (secondary N) is 2. The number of rotatable bonds is 4. The van der Waals surface area contributed by atoms with E-state index in [1.165, 1.54) is 6.07 Å². The van der Waals surface area contributed by atoms with E-state index < -0.39 is 11.7 Å². The first-order valence-corrected chi connectivity index (χ1v) is 10.2. The fourth-order valence-electron chi connectivity index (χ4n) is 4.51. The van der Waals surface area contributed by atoms with E-state index in [1.54, 1.807) is 13.1 Å². The number of ether oxygens (including phenoxy) is 1. The number of nitrogens with zero attached hydrogens (tertiary/aromatic N) is 2. The smallest absolute Gasteiger partial charge is 0.418 e. The largest absolute Gasteiger partial charge is 0.473 e. The zero-order valence-corrected chi connectivity index (χ0v) is 17.6. The Morgan fingerprint density at radius 3 is 2.73 bits per heavy atom. The molecule has 3 heterocycles. The molecule has 8 heteroatoms. The molecule has 30 heavy (non-hydrogen) atoms. The Morgan fingerprint density at radius 2 is 2.03 bits per heavy atom. The maximum absolute atomic E-state index is 14.0. The van der Waals surface area contributed by atoms with Gasteiger partial charge in [-0.15, -0.1) is 0 Å². The van der Waals surface area contributed by atoms with Gasteiger partial charge in [0.05, 0.1) is 17.4 Å². The van der Waals surface area contributed by atoms with E-state index >= 15 is 0 Å². The van der Waals surface area contributed by atoms with Crippen molar-refractivity contribution in [2.24, 2.45) is 0 Å². The second-order valence-corrected chi connectivity index (χ2v) is 8.33. The Bertz CT molecular complexity index is 945. The molecule has 1 saturated heterocycles. The number of anilines is 3. The van der Waals surface area contributed by atoms with Crippen LogP contribution in [0.15, 0.2) is 24.3 Å². The highest BCUT2D eigenvalue weighted by Crippen LogP contribution is 2.50. The average molecular weight is 420 g/mol. The molecule has 0 unspecified atom stereocenters. The number of fused-ring (bicyclic) bond motifs is 3. The normalized spacial score (nSPS) is 20.9. The Balaban J connectivity index is 1.78. The average Bonchev–Trinajstić information content (AvgIpc) is 2.95. The third-order valence-electron chi connectivity index (χ3n) is 5.77. The van der Waals surface area contributed by atoms with E-state index in [2.05, 4.69) is 15.6 Å². The summed E-state index contributed by atoms with van der Waals surface area (Å²) in [4.78, 5) is 6.22. The van der Waals surface area contributed by atoms with Crippen LogP contribution in [-0.2, 0) is 6.18 Å². The fraction of sp³-hybridized carbons (Fsp3) is 0.500. The predicted octanol–water partition coefficient (Wildman–Crippen LogP) is 4.83. The van der Waals surface area contributed by atoms with E-state index in [-0.39, 0.29) is 18.1 Å². The number of aromatic nitrogens is 1. The lowest BCUT2D eigenvalue weighted by atomic mass is 9.89. The zero-order chi connectivity index (χ0) is 21.6. The highest BCUT2D eigenvalue weighted by atomic mass is 19.4. The van der Waals surface area contributed by atoms with Gasteiger partial charge in [0.25, 0.3) is 0 Å². The molecule has 162 valence electrons. The number of pyridine rings is 1. The summed E-state index contributed by atoms with van der Waals surface area (Å²) in [5, 5.41) is 6.45. The highest BCUT2D eigenvalue weighted by molar-refractivity contribution is 5.75. The van der Waals surface area contributed by atoms with Gasteiger partial charge in [0, 0.05) is 36.9 Å². The van der Waals surface area contributed by atoms with Gasteiger partial charge in [-0.05, 0) is 63.6 Å². The summed E-state index contributed by atoms with van der Waals surface area (Å²) in [5.74, 6) is 0.414. The van der Waals surface area contributed by atoms with Gasteiger partial charge in [-0.1, -0.05) is 0 Å². The third-order valence-corrected chi connectivity index (χ3v) is 5.77. The van der Waals surface area contributed by atoms with Crippen molar-refractivity contribution in [2.45, 2.75) is 51.4 Å². The first-order chi connectivity index (χ1) is 14.1. The predicted molar refractivity (Wildman–Crippen MR) is 112 cm³/mol. The van der Waals surface area contributed by atoms with Crippen LogP contribution in [-0.4, -0.2) is 37.3 Å². The van der Waals surface area contributed by atoms with Crippen molar-refractivity contribution in [3.8, 4) is 5.88 Å². The van der Waals surface area contributed by atoms with Gasteiger partial charge in [-0.2, -0.15) is 13.2 Å². The molecule has 0 bridgehead atoms. The van der Waals surface area contributed by atoms with Crippen LogP contribution < -0.4 is 20.3 Å². The molecule has 2 aromatic rings. The molecule has 0 saturated carbocycles. The second-order valence-electron chi connectivity index (χ2n) is 8.33. The summed E-state index contributed by atoms with van der Waals surface area (Å²) in [6, 6.07) is 6.72. The molecular formula is C22H27F3N4O. The van der Waals surface area contributed by atoms with Crippen LogP contribution >= 0.6 is 0 Å². The zero-order valence-electron chi connectivity index (χ0n) is 17.6. The van der Waals surface area contributed by atoms with Crippen molar-refractivity contribution in [2.75, 3.05) is 30.4 Å². The Morgan fingerprint density at radius 1 is 1.27 bits per heavy atom. The molecule has 5 nitrogen and oxygen atoms in total. The molecule has 4 rings (SSSR count). The molecule has 1 aromatic carbocycles. The quantitative estimate of drug-likeness (QED) is 0.742. The van der Waals surface area contributed by atoms with Gasteiger partial charge in [-0.3, -0.25) is 0 Å². The summed E-state index contributed by atoms with van der Waals surface area (Å²) < 4.78 is 47.8. The number of hydrogen-bond donors (Lipinski definition) is 2.